The lowest BCUT2D eigenvalue weighted by molar-refractivity contribution is 0.112. The Morgan fingerprint density at radius 2 is 2.00 bits per heavy atom. The zero-order chi connectivity index (χ0) is 10.3. The Labute approximate surface area is 89.1 Å². The molecule has 2 fully saturated rings. The Morgan fingerprint density at radius 1 is 1.27 bits per heavy atom. The van der Waals surface area contributed by atoms with Crippen molar-refractivity contribution in [1.82, 2.24) is 4.98 Å². The number of rotatable bonds is 2. The first kappa shape index (κ1) is 8.89. The summed E-state index contributed by atoms with van der Waals surface area (Å²) in [6.07, 6.45) is 5.26. The van der Waals surface area contributed by atoms with Crippen molar-refractivity contribution in [3.63, 3.8) is 0 Å². The molecule has 15 heavy (non-hydrogen) atoms. The van der Waals surface area contributed by atoms with Gasteiger partial charge in [-0.15, -0.1) is 0 Å². The highest BCUT2D eigenvalue weighted by Gasteiger charge is 2.39. The molecule has 1 aliphatic heterocycles. The molecule has 1 saturated carbocycles. The molecule has 78 valence electrons. The van der Waals surface area contributed by atoms with Gasteiger partial charge in [0.05, 0.1) is 0 Å². The molecule has 1 aliphatic carbocycles. The third kappa shape index (κ3) is 1.42. The highest BCUT2D eigenvalue weighted by molar-refractivity contribution is 5.74. The lowest BCUT2D eigenvalue weighted by Gasteiger charge is -2.27. The second-order valence-corrected chi connectivity index (χ2v) is 4.57. The van der Waals surface area contributed by atoms with E-state index in [4.69, 9.17) is 0 Å². The first-order valence-corrected chi connectivity index (χ1v) is 5.53. The first-order valence-electron chi connectivity index (χ1n) is 5.53. The third-order valence-corrected chi connectivity index (χ3v) is 3.72. The van der Waals surface area contributed by atoms with Gasteiger partial charge in [-0.3, -0.25) is 4.79 Å². The maximum atomic E-state index is 10.5. The molecular weight excluding hydrogens is 188 g/mol. The average molecular weight is 202 g/mol. The lowest BCUT2D eigenvalue weighted by Crippen LogP contribution is -2.22. The monoisotopic (exact) mass is 202 g/mol. The summed E-state index contributed by atoms with van der Waals surface area (Å²) in [6.45, 7) is 2.30. The standard InChI is InChI=1S/C12H14N2O/c15-8-9-1-4-12(13-5-9)14-6-10-2-3-11(10)7-14/h1,4-5,8,10-11H,2-3,6-7H2. The van der Waals surface area contributed by atoms with E-state index in [1.165, 1.54) is 12.8 Å². The average Bonchev–Trinajstić information content (AvgIpc) is 2.55. The van der Waals surface area contributed by atoms with Gasteiger partial charge in [-0.05, 0) is 36.8 Å². The summed E-state index contributed by atoms with van der Waals surface area (Å²) in [7, 11) is 0. The molecule has 1 saturated heterocycles. The van der Waals surface area contributed by atoms with Crippen molar-refractivity contribution in [2.45, 2.75) is 12.8 Å². The van der Waals surface area contributed by atoms with E-state index in [0.717, 1.165) is 37.0 Å². The van der Waals surface area contributed by atoms with Crippen LogP contribution in [0.1, 0.15) is 23.2 Å². The number of aromatic nitrogens is 1. The second-order valence-electron chi connectivity index (χ2n) is 4.57. The molecule has 0 N–H and O–H groups in total. The summed E-state index contributed by atoms with van der Waals surface area (Å²) in [5.41, 5.74) is 0.654. The van der Waals surface area contributed by atoms with Crippen molar-refractivity contribution in [3.05, 3.63) is 23.9 Å². The smallest absolute Gasteiger partial charge is 0.151 e. The van der Waals surface area contributed by atoms with Crippen LogP contribution in [0.15, 0.2) is 18.3 Å². The molecular formula is C12H14N2O. The summed E-state index contributed by atoms with van der Waals surface area (Å²) in [5.74, 6) is 2.82. The lowest BCUT2D eigenvalue weighted by atomic mass is 9.77. The molecule has 1 aromatic heterocycles. The van der Waals surface area contributed by atoms with Crippen LogP contribution in [0.3, 0.4) is 0 Å². The highest BCUT2D eigenvalue weighted by atomic mass is 16.1. The summed E-state index contributed by atoms with van der Waals surface area (Å²) < 4.78 is 0. The molecule has 2 atom stereocenters. The number of pyridine rings is 1. The van der Waals surface area contributed by atoms with Crippen LogP contribution in [0.25, 0.3) is 0 Å². The Bertz CT molecular complexity index is 362. The van der Waals surface area contributed by atoms with Crippen LogP contribution in [-0.4, -0.2) is 24.4 Å². The molecule has 2 unspecified atom stereocenters. The predicted molar refractivity (Wildman–Crippen MR) is 58.1 cm³/mol. The summed E-state index contributed by atoms with van der Waals surface area (Å²) >= 11 is 0. The fraction of sp³-hybridized carbons (Fsp3) is 0.500. The van der Waals surface area contributed by atoms with Crippen molar-refractivity contribution in [1.29, 1.82) is 0 Å². The number of carbonyl (C=O) groups is 1. The summed E-state index contributed by atoms with van der Waals surface area (Å²) in [4.78, 5) is 17.2. The number of hydrogen-bond acceptors (Lipinski definition) is 3. The molecule has 3 nitrogen and oxygen atoms in total. The van der Waals surface area contributed by atoms with E-state index in [2.05, 4.69) is 9.88 Å². The van der Waals surface area contributed by atoms with Gasteiger partial charge in [0, 0.05) is 24.8 Å². The number of aldehydes is 1. The minimum atomic E-state index is 0.654. The first-order chi connectivity index (χ1) is 7.36. The Hall–Kier alpha value is -1.38. The molecule has 3 rings (SSSR count). The van der Waals surface area contributed by atoms with Crippen molar-refractivity contribution < 1.29 is 4.79 Å². The zero-order valence-electron chi connectivity index (χ0n) is 8.60. The van der Waals surface area contributed by atoms with Gasteiger partial charge in [-0.2, -0.15) is 0 Å². The van der Waals surface area contributed by atoms with E-state index in [-0.39, 0.29) is 0 Å². The van der Waals surface area contributed by atoms with E-state index in [1.54, 1.807) is 6.20 Å². The van der Waals surface area contributed by atoms with Crippen molar-refractivity contribution in [3.8, 4) is 0 Å². The minimum Gasteiger partial charge on any atom is -0.356 e. The van der Waals surface area contributed by atoms with E-state index in [1.807, 2.05) is 12.1 Å². The minimum absolute atomic E-state index is 0.654. The normalized spacial score (nSPS) is 28.4. The molecule has 2 heterocycles. The summed E-state index contributed by atoms with van der Waals surface area (Å²) in [6, 6.07) is 3.80. The maximum absolute atomic E-state index is 10.5. The van der Waals surface area contributed by atoms with E-state index >= 15 is 0 Å². The van der Waals surface area contributed by atoms with E-state index in [9.17, 15) is 4.79 Å². The number of carbonyl (C=O) groups excluding carboxylic acids is 1. The fourth-order valence-corrected chi connectivity index (χ4v) is 2.60. The van der Waals surface area contributed by atoms with Crippen molar-refractivity contribution in [2.24, 2.45) is 11.8 Å². The molecule has 0 spiro atoms. The van der Waals surface area contributed by atoms with Crippen molar-refractivity contribution in [2.75, 3.05) is 18.0 Å². The highest BCUT2D eigenvalue weighted by Crippen LogP contribution is 2.41. The van der Waals surface area contributed by atoms with Crippen molar-refractivity contribution >= 4 is 12.1 Å². The van der Waals surface area contributed by atoms with Crippen LogP contribution in [0.5, 0.6) is 0 Å². The second kappa shape index (κ2) is 3.33. The Morgan fingerprint density at radius 3 is 2.47 bits per heavy atom. The molecule has 2 aliphatic rings. The quantitative estimate of drug-likeness (QED) is 0.685. The van der Waals surface area contributed by atoms with Gasteiger partial charge in [-0.1, -0.05) is 0 Å². The van der Waals surface area contributed by atoms with Crippen LogP contribution in [0.2, 0.25) is 0 Å². The Balaban J connectivity index is 1.78. The van der Waals surface area contributed by atoms with E-state index < -0.39 is 0 Å². The third-order valence-electron chi connectivity index (χ3n) is 3.72. The number of fused-ring (bicyclic) bond motifs is 1. The molecule has 0 bridgehead atoms. The SMILES string of the molecule is O=Cc1ccc(N2CC3CCC3C2)nc1. The van der Waals surface area contributed by atoms with Gasteiger partial charge in [0.1, 0.15) is 5.82 Å². The molecule has 3 heteroatoms. The maximum Gasteiger partial charge on any atom is 0.151 e. The van der Waals surface area contributed by atoms with Crippen LogP contribution in [0, 0.1) is 11.8 Å². The van der Waals surface area contributed by atoms with Gasteiger partial charge in [0.25, 0.3) is 0 Å². The molecule has 0 amide bonds. The molecule has 0 aromatic carbocycles. The zero-order valence-corrected chi connectivity index (χ0v) is 8.60. The van der Waals surface area contributed by atoms with Crippen LogP contribution in [-0.2, 0) is 0 Å². The fourth-order valence-electron chi connectivity index (χ4n) is 2.60. The van der Waals surface area contributed by atoms with E-state index in [0.29, 0.717) is 5.56 Å². The molecule has 1 aromatic rings. The van der Waals surface area contributed by atoms with Gasteiger partial charge in [-0.25, -0.2) is 4.98 Å². The predicted octanol–water partition coefficient (Wildman–Crippen LogP) is 1.74. The van der Waals surface area contributed by atoms with Gasteiger partial charge < -0.3 is 4.90 Å². The topological polar surface area (TPSA) is 33.2 Å². The van der Waals surface area contributed by atoms with Crippen LogP contribution in [0.4, 0.5) is 5.82 Å². The van der Waals surface area contributed by atoms with Gasteiger partial charge in [0.15, 0.2) is 6.29 Å². The Kier molecular flexibility index (Phi) is 1.97. The van der Waals surface area contributed by atoms with Crippen LogP contribution < -0.4 is 4.90 Å². The number of anilines is 1. The van der Waals surface area contributed by atoms with Gasteiger partial charge in [0.2, 0.25) is 0 Å². The summed E-state index contributed by atoms with van der Waals surface area (Å²) in [5, 5.41) is 0. The molecule has 0 radical (unpaired) electrons. The van der Waals surface area contributed by atoms with Crippen LogP contribution >= 0.6 is 0 Å². The number of hydrogen-bond donors (Lipinski definition) is 0. The van der Waals surface area contributed by atoms with Gasteiger partial charge >= 0.3 is 0 Å². The largest absolute Gasteiger partial charge is 0.356 e. The number of nitrogens with zero attached hydrogens (tertiary/aromatic N) is 2.